The second kappa shape index (κ2) is 3.45. The standard InChI is InChI=1S/C9H9Cl2NO/c10-8-3-6(4-9(11)12-8)5-1-7(13)2-5/h3-5,7,13H,1-2H2. The van der Waals surface area contributed by atoms with E-state index in [0.717, 1.165) is 18.4 Å². The summed E-state index contributed by atoms with van der Waals surface area (Å²) in [5, 5.41) is 9.98. The summed E-state index contributed by atoms with van der Waals surface area (Å²) in [6.45, 7) is 0. The van der Waals surface area contributed by atoms with E-state index in [-0.39, 0.29) is 6.10 Å². The van der Waals surface area contributed by atoms with E-state index in [0.29, 0.717) is 16.2 Å². The van der Waals surface area contributed by atoms with Crippen molar-refractivity contribution >= 4 is 23.2 Å². The van der Waals surface area contributed by atoms with Crippen LogP contribution >= 0.6 is 23.2 Å². The summed E-state index contributed by atoms with van der Waals surface area (Å²) in [4.78, 5) is 3.86. The predicted molar refractivity (Wildman–Crippen MR) is 52.2 cm³/mol. The molecule has 1 aliphatic carbocycles. The van der Waals surface area contributed by atoms with Crippen molar-refractivity contribution in [3.8, 4) is 0 Å². The zero-order valence-corrected chi connectivity index (χ0v) is 8.39. The first-order valence-corrected chi connectivity index (χ1v) is 4.92. The Kier molecular flexibility index (Phi) is 2.45. The highest BCUT2D eigenvalue weighted by Gasteiger charge is 2.28. The molecule has 1 fully saturated rings. The van der Waals surface area contributed by atoms with Gasteiger partial charge in [-0.2, -0.15) is 0 Å². The smallest absolute Gasteiger partial charge is 0.131 e. The molecule has 2 rings (SSSR count). The van der Waals surface area contributed by atoms with Crippen molar-refractivity contribution in [2.75, 3.05) is 0 Å². The van der Waals surface area contributed by atoms with E-state index < -0.39 is 0 Å². The van der Waals surface area contributed by atoms with Gasteiger partial charge in [0.2, 0.25) is 0 Å². The fourth-order valence-electron chi connectivity index (χ4n) is 1.58. The second-order valence-electron chi connectivity index (χ2n) is 3.37. The fourth-order valence-corrected chi connectivity index (χ4v) is 2.06. The van der Waals surface area contributed by atoms with Crippen LogP contribution in [0.1, 0.15) is 24.3 Å². The third-order valence-corrected chi connectivity index (χ3v) is 2.76. The van der Waals surface area contributed by atoms with Crippen LogP contribution in [-0.4, -0.2) is 16.2 Å². The van der Waals surface area contributed by atoms with Crippen LogP contribution in [0.25, 0.3) is 0 Å². The van der Waals surface area contributed by atoms with Crippen LogP contribution < -0.4 is 0 Å². The van der Waals surface area contributed by atoms with Crippen molar-refractivity contribution in [1.82, 2.24) is 4.98 Å². The molecule has 70 valence electrons. The molecule has 0 aromatic carbocycles. The number of hydrogen-bond donors (Lipinski definition) is 1. The normalized spacial score (nSPS) is 27.0. The van der Waals surface area contributed by atoms with Crippen LogP contribution in [0.4, 0.5) is 0 Å². The monoisotopic (exact) mass is 217 g/mol. The summed E-state index contributed by atoms with van der Waals surface area (Å²) in [5.74, 6) is 0.396. The molecule has 4 heteroatoms. The minimum Gasteiger partial charge on any atom is -0.393 e. The third kappa shape index (κ3) is 1.96. The van der Waals surface area contributed by atoms with Crippen molar-refractivity contribution in [2.45, 2.75) is 24.9 Å². The fraction of sp³-hybridized carbons (Fsp3) is 0.444. The summed E-state index contributed by atoms with van der Waals surface area (Å²) in [7, 11) is 0. The SMILES string of the molecule is OC1CC(c2cc(Cl)nc(Cl)c2)C1. The molecule has 0 unspecified atom stereocenters. The maximum Gasteiger partial charge on any atom is 0.131 e. The Morgan fingerprint density at radius 3 is 2.23 bits per heavy atom. The summed E-state index contributed by atoms with van der Waals surface area (Å²) in [5.41, 5.74) is 1.08. The Bertz CT molecular complexity index is 303. The molecule has 2 nitrogen and oxygen atoms in total. The molecule has 0 amide bonds. The first-order chi connectivity index (χ1) is 6.15. The Labute approximate surface area is 86.5 Å². The highest BCUT2D eigenvalue weighted by molar-refractivity contribution is 6.32. The van der Waals surface area contributed by atoms with Crippen molar-refractivity contribution in [3.05, 3.63) is 28.0 Å². The first kappa shape index (κ1) is 9.25. The maximum absolute atomic E-state index is 9.14. The van der Waals surface area contributed by atoms with Gasteiger partial charge in [0.1, 0.15) is 10.3 Å². The van der Waals surface area contributed by atoms with Gasteiger partial charge in [-0.05, 0) is 36.5 Å². The lowest BCUT2D eigenvalue weighted by Gasteiger charge is -2.31. The van der Waals surface area contributed by atoms with Crippen LogP contribution in [0.5, 0.6) is 0 Å². The average molecular weight is 218 g/mol. The lowest BCUT2D eigenvalue weighted by atomic mass is 9.78. The Balaban J connectivity index is 2.21. The molecular weight excluding hydrogens is 209 g/mol. The van der Waals surface area contributed by atoms with Gasteiger partial charge >= 0.3 is 0 Å². The number of aromatic nitrogens is 1. The predicted octanol–water partition coefficient (Wildman–Crippen LogP) is 2.63. The summed E-state index contributed by atoms with van der Waals surface area (Å²) in [6, 6.07) is 3.62. The van der Waals surface area contributed by atoms with E-state index in [1.807, 2.05) is 12.1 Å². The van der Waals surface area contributed by atoms with Crippen molar-refractivity contribution in [1.29, 1.82) is 0 Å². The second-order valence-corrected chi connectivity index (χ2v) is 4.14. The van der Waals surface area contributed by atoms with Crippen molar-refractivity contribution < 1.29 is 5.11 Å². The van der Waals surface area contributed by atoms with Crippen LogP contribution in [0.15, 0.2) is 12.1 Å². The molecule has 0 atom stereocenters. The van der Waals surface area contributed by atoms with Gasteiger partial charge in [0.15, 0.2) is 0 Å². The van der Waals surface area contributed by atoms with Crippen molar-refractivity contribution in [3.63, 3.8) is 0 Å². The highest BCUT2D eigenvalue weighted by Crippen LogP contribution is 2.37. The topological polar surface area (TPSA) is 33.1 Å². The molecule has 0 aliphatic heterocycles. The quantitative estimate of drug-likeness (QED) is 0.735. The number of hydrogen-bond acceptors (Lipinski definition) is 2. The van der Waals surface area contributed by atoms with E-state index in [1.165, 1.54) is 0 Å². The molecule has 1 saturated carbocycles. The number of nitrogens with zero attached hydrogens (tertiary/aromatic N) is 1. The number of halogens is 2. The number of aliphatic hydroxyl groups excluding tert-OH is 1. The largest absolute Gasteiger partial charge is 0.393 e. The molecule has 13 heavy (non-hydrogen) atoms. The molecular formula is C9H9Cl2NO. The zero-order valence-electron chi connectivity index (χ0n) is 6.87. The summed E-state index contributed by atoms with van der Waals surface area (Å²) < 4.78 is 0. The van der Waals surface area contributed by atoms with Gasteiger partial charge < -0.3 is 5.11 Å². The molecule has 0 saturated heterocycles. The molecule has 1 aromatic rings. The summed E-state index contributed by atoms with van der Waals surface area (Å²) >= 11 is 11.5. The van der Waals surface area contributed by atoms with Gasteiger partial charge in [0, 0.05) is 0 Å². The Morgan fingerprint density at radius 1 is 1.23 bits per heavy atom. The van der Waals surface area contributed by atoms with E-state index in [9.17, 15) is 0 Å². The Morgan fingerprint density at radius 2 is 1.77 bits per heavy atom. The molecule has 1 aliphatic rings. The first-order valence-electron chi connectivity index (χ1n) is 4.16. The molecule has 0 bridgehead atoms. The van der Waals surface area contributed by atoms with E-state index in [4.69, 9.17) is 28.3 Å². The summed E-state index contributed by atoms with van der Waals surface area (Å²) in [6.07, 6.45) is 1.45. The molecule has 0 spiro atoms. The molecule has 1 aromatic heterocycles. The Hall–Kier alpha value is -0.310. The van der Waals surface area contributed by atoms with Crippen molar-refractivity contribution in [2.24, 2.45) is 0 Å². The van der Waals surface area contributed by atoms with E-state index in [1.54, 1.807) is 0 Å². The van der Waals surface area contributed by atoms with Gasteiger partial charge in [0.05, 0.1) is 6.10 Å². The van der Waals surface area contributed by atoms with Crippen LogP contribution in [-0.2, 0) is 0 Å². The molecule has 1 N–H and O–H groups in total. The van der Waals surface area contributed by atoms with Gasteiger partial charge in [-0.15, -0.1) is 0 Å². The number of rotatable bonds is 1. The third-order valence-electron chi connectivity index (χ3n) is 2.37. The lowest BCUT2D eigenvalue weighted by Crippen LogP contribution is -2.26. The molecule has 1 heterocycles. The number of aliphatic hydroxyl groups is 1. The lowest BCUT2D eigenvalue weighted by molar-refractivity contribution is 0.0746. The number of pyridine rings is 1. The van der Waals surface area contributed by atoms with E-state index in [2.05, 4.69) is 4.98 Å². The van der Waals surface area contributed by atoms with Gasteiger partial charge in [0.25, 0.3) is 0 Å². The van der Waals surface area contributed by atoms with Crippen LogP contribution in [0.3, 0.4) is 0 Å². The maximum atomic E-state index is 9.14. The minimum atomic E-state index is -0.157. The van der Waals surface area contributed by atoms with Crippen LogP contribution in [0.2, 0.25) is 10.3 Å². The average Bonchev–Trinajstić information content (AvgIpc) is 1.96. The molecule has 0 radical (unpaired) electrons. The van der Waals surface area contributed by atoms with E-state index >= 15 is 0 Å². The van der Waals surface area contributed by atoms with Gasteiger partial charge in [-0.25, -0.2) is 4.98 Å². The van der Waals surface area contributed by atoms with Crippen LogP contribution in [0, 0.1) is 0 Å². The minimum absolute atomic E-state index is 0.157. The van der Waals surface area contributed by atoms with Gasteiger partial charge in [-0.1, -0.05) is 23.2 Å². The highest BCUT2D eigenvalue weighted by atomic mass is 35.5. The van der Waals surface area contributed by atoms with Gasteiger partial charge in [-0.3, -0.25) is 0 Å². The zero-order chi connectivity index (χ0) is 9.42.